The summed E-state index contributed by atoms with van der Waals surface area (Å²) in [4.78, 5) is 15.0. The molecule has 6 nitrogen and oxygen atoms in total. The fraction of sp³-hybridized carbons (Fsp3) is 0.357. The van der Waals surface area contributed by atoms with Crippen molar-refractivity contribution in [2.24, 2.45) is 0 Å². The van der Waals surface area contributed by atoms with Crippen LogP contribution in [-0.2, 0) is 0 Å². The molecule has 1 heterocycles. The van der Waals surface area contributed by atoms with Gasteiger partial charge in [-0.3, -0.25) is 0 Å². The second kappa shape index (κ2) is 6.71. The lowest BCUT2D eigenvalue weighted by molar-refractivity contribution is 0.953. The molecule has 0 spiro atoms. The minimum Gasteiger partial charge on any atom is -0.354 e. The van der Waals surface area contributed by atoms with Crippen LogP contribution < -0.4 is 15.5 Å². The smallest absolute Gasteiger partial charge is 0.233 e. The molecule has 2 aromatic rings. The Hall–Kier alpha value is -1.89. The topological polar surface area (TPSA) is 66.0 Å². The summed E-state index contributed by atoms with van der Waals surface area (Å²) in [6, 6.07) is 6.00. The van der Waals surface area contributed by atoms with E-state index >= 15 is 0 Å². The molecule has 112 valence electrons. The Kier molecular flexibility index (Phi) is 4.95. The average molecular weight is 351 g/mol. The van der Waals surface area contributed by atoms with Gasteiger partial charge < -0.3 is 15.5 Å². The van der Waals surface area contributed by atoms with Gasteiger partial charge in [-0.1, -0.05) is 12.1 Å². The van der Waals surface area contributed by atoms with Gasteiger partial charge >= 0.3 is 0 Å². The van der Waals surface area contributed by atoms with Gasteiger partial charge in [0.25, 0.3) is 0 Å². The standard InChI is InChI=1S/C14H19BrN6/c1-5-16-12-18-13(20-14(19-12)21(3)4)17-10-8-6-7-9(2)11(10)15/h6-8H,5H2,1-4H3,(H2,16,17,18,19,20). The Morgan fingerprint density at radius 1 is 1.14 bits per heavy atom. The van der Waals surface area contributed by atoms with E-state index in [9.17, 15) is 0 Å². The summed E-state index contributed by atoms with van der Waals surface area (Å²) >= 11 is 3.57. The van der Waals surface area contributed by atoms with Crippen molar-refractivity contribution in [2.45, 2.75) is 13.8 Å². The van der Waals surface area contributed by atoms with E-state index in [1.807, 2.05) is 51.0 Å². The van der Waals surface area contributed by atoms with Gasteiger partial charge in [0.2, 0.25) is 17.8 Å². The van der Waals surface area contributed by atoms with Crippen molar-refractivity contribution in [3.8, 4) is 0 Å². The number of aromatic nitrogens is 3. The lowest BCUT2D eigenvalue weighted by atomic mass is 10.2. The monoisotopic (exact) mass is 350 g/mol. The van der Waals surface area contributed by atoms with Crippen LogP contribution in [0.15, 0.2) is 22.7 Å². The number of aryl methyl sites for hydroxylation is 1. The number of rotatable bonds is 5. The number of hydrogen-bond acceptors (Lipinski definition) is 6. The van der Waals surface area contributed by atoms with Crippen LogP contribution in [0.2, 0.25) is 0 Å². The summed E-state index contributed by atoms with van der Waals surface area (Å²) in [6.45, 7) is 4.80. The van der Waals surface area contributed by atoms with Crippen LogP contribution in [0.3, 0.4) is 0 Å². The molecule has 0 aliphatic carbocycles. The van der Waals surface area contributed by atoms with E-state index in [1.165, 1.54) is 0 Å². The Morgan fingerprint density at radius 2 is 1.86 bits per heavy atom. The number of nitrogens with one attached hydrogen (secondary N) is 2. The molecule has 2 rings (SSSR count). The molecule has 0 bridgehead atoms. The van der Waals surface area contributed by atoms with Crippen molar-refractivity contribution in [1.29, 1.82) is 0 Å². The fourth-order valence-electron chi connectivity index (χ4n) is 1.72. The Morgan fingerprint density at radius 3 is 2.52 bits per heavy atom. The first-order valence-electron chi connectivity index (χ1n) is 6.70. The summed E-state index contributed by atoms with van der Waals surface area (Å²) < 4.78 is 1.00. The molecule has 0 fully saturated rings. The van der Waals surface area contributed by atoms with Crippen molar-refractivity contribution in [1.82, 2.24) is 15.0 Å². The molecular weight excluding hydrogens is 332 g/mol. The maximum atomic E-state index is 4.41. The number of halogens is 1. The molecule has 1 aromatic carbocycles. The number of anilines is 4. The van der Waals surface area contributed by atoms with E-state index in [0.29, 0.717) is 17.8 Å². The SMILES string of the molecule is CCNc1nc(Nc2cccc(C)c2Br)nc(N(C)C)n1. The lowest BCUT2D eigenvalue weighted by Crippen LogP contribution is -2.16. The Labute approximate surface area is 133 Å². The van der Waals surface area contributed by atoms with Crippen LogP contribution in [-0.4, -0.2) is 35.6 Å². The third-order valence-electron chi connectivity index (χ3n) is 2.80. The molecule has 0 unspecified atom stereocenters. The second-order valence-corrected chi connectivity index (χ2v) is 5.56. The van der Waals surface area contributed by atoms with Crippen molar-refractivity contribution in [3.05, 3.63) is 28.2 Å². The molecule has 7 heteroatoms. The van der Waals surface area contributed by atoms with Crippen molar-refractivity contribution in [3.63, 3.8) is 0 Å². The molecule has 0 aliphatic heterocycles. The lowest BCUT2D eigenvalue weighted by Gasteiger charge is -2.14. The zero-order valence-electron chi connectivity index (χ0n) is 12.6. The Bertz CT molecular complexity index is 629. The third kappa shape index (κ3) is 3.81. The van der Waals surface area contributed by atoms with Gasteiger partial charge in [-0.25, -0.2) is 0 Å². The maximum absolute atomic E-state index is 4.41. The first kappa shape index (κ1) is 15.5. The molecule has 21 heavy (non-hydrogen) atoms. The molecular formula is C14H19BrN6. The van der Waals surface area contributed by atoms with Gasteiger partial charge in [-0.15, -0.1) is 0 Å². The van der Waals surface area contributed by atoms with E-state index < -0.39 is 0 Å². The molecule has 2 N–H and O–H groups in total. The minimum absolute atomic E-state index is 0.510. The zero-order chi connectivity index (χ0) is 15.4. The van der Waals surface area contributed by atoms with Crippen LogP contribution >= 0.6 is 15.9 Å². The third-order valence-corrected chi connectivity index (χ3v) is 3.85. The van der Waals surface area contributed by atoms with Crippen LogP contribution in [0, 0.1) is 6.92 Å². The summed E-state index contributed by atoms with van der Waals surface area (Å²) in [5.41, 5.74) is 2.07. The predicted octanol–water partition coefficient (Wildman–Crippen LogP) is 3.18. The van der Waals surface area contributed by atoms with E-state index in [2.05, 4.69) is 41.5 Å². The predicted molar refractivity (Wildman–Crippen MR) is 90.5 cm³/mol. The van der Waals surface area contributed by atoms with Crippen molar-refractivity contribution >= 4 is 39.5 Å². The maximum Gasteiger partial charge on any atom is 0.233 e. The summed E-state index contributed by atoms with van der Waals surface area (Å²) in [7, 11) is 3.80. The van der Waals surface area contributed by atoms with Gasteiger partial charge in [-0.2, -0.15) is 15.0 Å². The average Bonchev–Trinajstić information content (AvgIpc) is 2.44. The fourth-order valence-corrected chi connectivity index (χ4v) is 2.09. The highest BCUT2D eigenvalue weighted by Crippen LogP contribution is 2.28. The summed E-state index contributed by atoms with van der Waals surface area (Å²) in [6.07, 6.45) is 0. The van der Waals surface area contributed by atoms with Gasteiger partial charge in [0.15, 0.2) is 0 Å². The van der Waals surface area contributed by atoms with E-state index in [1.54, 1.807) is 0 Å². The Balaban J connectivity index is 2.36. The number of hydrogen-bond donors (Lipinski definition) is 2. The largest absolute Gasteiger partial charge is 0.354 e. The second-order valence-electron chi connectivity index (χ2n) is 4.77. The molecule has 0 amide bonds. The van der Waals surface area contributed by atoms with Gasteiger partial charge in [0, 0.05) is 25.1 Å². The van der Waals surface area contributed by atoms with Crippen LogP contribution in [0.25, 0.3) is 0 Å². The highest BCUT2D eigenvalue weighted by atomic mass is 79.9. The quantitative estimate of drug-likeness (QED) is 0.863. The normalized spacial score (nSPS) is 10.3. The van der Waals surface area contributed by atoms with E-state index in [0.717, 1.165) is 22.3 Å². The minimum atomic E-state index is 0.510. The highest BCUT2D eigenvalue weighted by Gasteiger charge is 2.10. The first-order valence-corrected chi connectivity index (χ1v) is 7.50. The van der Waals surface area contributed by atoms with Crippen LogP contribution in [0.4, 0.5) is 23.5 Å². The summed E-state index contributed by atoms with van der Waals surface area (Å²) in [5.74, 6) is 1.67. The highest BCUT2D eigenvalue weighted by molar-refractivity contribution is 9.10. The van der Waals surface area contributed by atoms with E-state index in [-0.39, 0.29) is 0 Å². The van der Waals surface area contributed by atoms with Crippen LogP contribution in [0.1, 0.15) is 12.5 Å². The van der Waals surface area contributed by atoms with Gasteiger partial charge in [-0.05, 0) is 41.4 Å². The van der Waals surface area contributed by atoms with Crippen molar-refractivity contribution < 1.29 is 0 Å². The zero-order valence-corrected chi connectivity index (χ0v) is 14.2. The number of benzene rings is 1. The molecule has 0 atom stereocenters. The summed E-state index contributed by atoms with van der Waals surface area (Å²) in [5, 5.41) is 6.35. The van der Waals surface area contributed by atoms with Gasteiger partial charge in [0.1, 0.15) is 0 Å². The van der Waals surface area contributed by atoms with Crippen LogP contribution in [0.5, 0.6) is 0 Å². The molecule has 0 saturated heterocycles. The first-order chi connectivity index (χ1) is 10.0. The molecule has 1 aromatic heterocycles. The number of nitrogens with zero attached hydrogens (tertiary/aromatic N) is 4. The van der Waals surface area contributed by atoms with E-state index in [4.69, 9.17) is 0 Å². The molecule has 0 saturated carbocycles. The van der Waals surface area contributed by atoms with Gasteiger partial charge in [0.05, 0.1) is 5.69 Å². The molecule has 0 radical (unpaired) electrons. The van der Waals surface area contributed by atoms with Crippen molar-refractivity contribution in [2.75, 3.05) is 36.2 Å². The molecule has 0 aliphatic rings.